The van der Waals surface area contributed by atoms with Crippen LogP contribution in [0.2, 0.25) is 10.0 Å². The number of benzene rings is 2. The molecule has 3 rings (SSSR count). The number of aromatic nitrogens is 1. The summed E-state index contributed by atoms with van der Waals surface area (Å²) in [6.07, 6.45) is 1.40. The van der Waals surface area contributed by atoms with Gasteiger partial charge in [0.15, 0.2) is 0 Å². The molecule has 3 aromatic rings. The molecule has 0 spiro atoms. The topological polar surface area (TPSA) is 68.5 Å². The van der Waals surface area contributed by atoms with E-state index >= 15 is 0 Å². The van der Waals surface area contributed by atoms with E-state index in [-0.39, 0.29) is 22.8 Å². The lowest BCUT2D eigenvalue weighted by Gasteiger charge is -2.16. The summed E-state index contributed by atoms with van der Waals surface area (Å²) < 4.78 is 7.41. The number of rotatable bonds is 8. The zero-order chi connectivity index (χ0) is 21.7. The first-order valence-electron chi connectivity index (χ1n) is 9.50. The molecule has 156 valence electrons. The Hall–Kier alpha value is -2.76. The standard InChI is InChI=1S/C23H21Cl2NO4/c1-2-15-4-3-5-18(12-15)30-14-21-19(24)13-20(25)22(27)26(21)11-10-16-6-8-17(9-7-16)23(28)29/h3-9,12-13H,2,10-11,14H2,1H3,(H,28,29). The number of carbonyl (C=O) groups is 1. The Morgan fingerprint density at radius 3 is 2.43 bits per heavy atom. The molecular weight excluding hydrogens is 425 g/mol. The molecule has 0 aliphatic heterocycles. The lowest BCUT2D eigenvalue weighted by Crippen LogP contribution is -2.26. The summed E-state index contributed by atoms with van der Waals surface area (Å²) in [7, 11) is 0. The number of carboxylic acids is 1. The summed E-state index contributed by atoms with van der Waals surface area (Å²) >= 11 is 12.4. The molecule has 0 radical (unpaired) electrons. The van der Waals surface area contributed by atoms with Gasteiger partial charge in [-0.3, -0.25) is 4.79 Å². The molecule has 0 fully saturated rings. The van der Waals surface area contributed by atoms with Crippen molar-refractivity contribution in [2.24, 2.45) is 0 Å². The molecule has 0 atom stereocenters. The Morgan fingerprint density at radius 2 is 1.77 bits per heavy atom. The molecular formula is C23H21Cl2NO4. The van der Waals surface area contributed by atoms with Gasteiger partial charge in [0.2, 0.25) is 0 Å². The smallest absolute Gasteiger partial charge is 0.335 e. The van der Waals surface area contributed by atoms with E-state index in [0.717, 1.165) is 17.5 Å². The minimum absolute atomic E-state index is 0.0398. The van der Waals surface area contributed by atoms with Crippen LogP contribution >= 0.6 is 23.2 Å². The Kier molecular flexibility index (Phi) is 7.19. The lowest BCUT2D eigenvalue weighted by molar-refractivity contribution is 0.0697. The van der Waals surface area contributed by atoms with Gasteiger partial charge in [-0.15, -0.1) is 0 Å². The second-order valence-electron chi connectivity index (χ2n) is 6.79. The lowest BCUT2D eigenvalue weighted by atomic mass is 10.1. The maximum absolute atomic E-state index is 12.7. The fourth-order valence-electron chi connectivity index (χ4n) is 3.08. The van der Waals surface area contributed by atoms with Gasteiger partial charge in [-0.1, -0.05) is 54.4 Å². The van der Waals surface area contributed by atoms with Gasteiger partial charge >= 0.3 is 5.97 Å². The molecule has 1 aromatic heterocycles. The van der Waals surface area contributed by atoms with E-state index in [9.17, 15) is 9.59 Å². The Labute approximate surface area is 184 Å². The number of nitrogens with zero attached hydrogens (tertiary/aromatic N) is 1. The second kappa shape index (κ2) is 9.83. The molecule has 0 amide bonds. The van der Waals surface area contributed by atoms with Crippen molar-refractivity contribution in [2.75, 3.05) is 0 Å². The van der Waals surface area contributed by atoms with Crippen LogP contribution in [0, 0.1) is 0 Å². The Morgan fingerprint density at radius 1 is 1.03 bits per heavy atom. The van der Waals surface area contributed by atoms with Crippen LogP contribution in [0.3, 0.4) is 0 Å². The van der Waals surface area contributed by atoms with Crippen LogP contribution < -0.4 is 10.3 Å². The normalized spacial score (nSPS) is 10.8. The van der Waals surface area contributed by atoms with E-state index in [1.165, 1.54) is 22.8 Å². The van der Waals surface area contributed by atoms with Crippen molar-refractivity contribution in [3.8, 4) is 5.75 Å². The van der Waals surface area contributed by atoms with Crippen LogP contribution in [0.15, 0.2) is 59.4 Å². The summed E-state index contributed by atoms with van der Waals surface area (Å²) in [6.45, 7) is 2.52. The summed E-state index contributed by atoms with van der Waals surface area (Å²) in [5.41, 5.74) is 2.45. The average molecular weight is 446 g/mol. The highest BCUT2D eigenvalue weighted by atomic mass is 35.5. The van der Waals surface area contributed by atoms with Gasteiger partial charge in [-0.25, -0.2) is 4.79 Å². The van der Waals surface area contributed by atoms with Crippen LogP contribution in [0.1, 0.15) is 34.1 Å². The monoisotopic (exact) mass is 445 g/mol. The van der Waals surface area contributed by atoms with E-state index in [1.807, 2.05) is 24.3 Å². The predicted molar refractivity (Wildman–Crippen MR) is 118 cm³/mol. The maximum Gasteiger partial charge on any atom is 0.335 e. The molecule has 0 aliphatic rings. The van der Waals surface area contributed by atoms with Gasteiger partial charge in [0.1, 0.15) is 17.4 Å². The zero-order valence-electron chi connectivity index (χ0n) is 16.4. The van der Waals surface area contributed by atoms with Crippen molar-refractivity contribution in [1.29, 1.82) is 0 Å². The number of ether oxygens (including phenoxy) is 1. The summed E-state index contributed by atoms with van der Waals surface area (Å²) in [4.78, 5) is 23.7. The summed E-state index contributed by atoms with van der Waals surface area (Å²) in [6, 6.07) is 15.7. The van der Waals surface area contributed by atoms with Gasteiger partial charge in [-0.2, -0.15) is 0 Å². The van der Waals surface area contributed by atoms with E-state index in [2.05, 4.69) is 6.92 Å². The number of pyridine rings is 1. The number of hydrogen-bond acceptors (Lipinski definition) is 3. The van der Waals surface area contributed by atoms with E-state index < -0.39 is 5.97 Å². The largest absolute Gasteiger partial charge is 0.487 e. The molecule has 0 saturated heterocycles. The molecule has 0 aliphatic carbocycles. The average Bonchev–Trinajstić information content (AvgIpc) is 2.75. The molecule has 7 heteroatoms. The highest BCUT2D eigenvalue weighted by Gasteiger charge is 2.14. The van der Waals surface area contributed by atoms with Crippen molar-refractivity contribution in [3.63, 3.8) is 0 Å². The highest BCUT2D eigenvalue weighted by molar-refractivity contribution is 6.34. The van der Waals surface area contributed by atoms with E-state index in [0.29, 0.717) is 29.4 Å². The van der Waals surface area contributed by atoms with Crippen molar-refractivity contribution in [2.45, 2.75) is 32.9 Å². The second-order valence-corrected chi connectivity index (χ2v) is 7.60. The Bertz CT molecular complexity index is 1110. The van der Waals surface area contributed by atoms with Crippen molar-refractivity contribution in [1.82, 2.24) is 4.57 Å². The third-order valence-electron chi connectivity index (χ3n) is 4.81. The number of hydrogen-bond donors (Lipinski definition) is 1. The molecule has 0 unspecified atom stereocenters. The fourth-order valence-corrected chi connectivity index (χ4v) is 3.61. The van der Waals surface area contributed by atoms with Crippen molar-refractivity contribution in [3.05, 3.63) is 97.4 Å². The molecule has 0 bridgehead atoms. The van der Waals surface area contributed by atoms with Gasteiger partial charge in [0.05, 0.1) is 16.3 Å². The first kappa shape index (κ1) is 21.9. The maximum atomic E-state index is 12.7. The third-order valence-corrected chi connectivity index (χ3v) is 5.41. The van der Waals surface area contributed by atoms with Gasteiger partial charge < -0.3 is 14.4 Å². The first-order valence-corrected chi connectivity index (χ1v) is 10.3. The molecule has 0 saturated carbocycles. The van der Waals surface area contributed by atoms with Gasteiger partial charge in [0, 0.05) is 6.54 Å². The van der Waals surface area contributed by atoms with Crippen LogP contribution in [-0.4, -0.2) is 15.6 Å². The van der Waals surface area contributed by atoms with Gasteiger partial charge in [-0.05, 0) is 54.3 Å². The third kappa shape index (κ3) is 5.23. The molecule has 2 aromatic carbocycles. The summed E-state index contributed by atoms with van der Waals surface area (Å²) in [5.74, 6) is -0.283. The Balaban J connectivity index is 1.82. The number of aromatic carboxylic acids is 1. The quantitative estimate of drug-likeness (QED) is 0.514. The van der Waals surface area contributed by atoms with E-state index in [1.54, 1.807) is 12.1 Å². The molecule has 1 heterocycles. The number of halogens is 2. The number of aryl methyl sites for hydroxylation is 2. The molecule has 1 N–H and O–H groups in total. The van der Waals surface area contributed by atoms with Crippen molar-refractivity contribution < 1.29 is 14.6 Å². The predicted octanol–water partition coefficient (Wildman–Crippen LogP) is 5.24. The van der Waals surface area contributed by atoms with Gasteiger partial charge in [0.25, 0.3) is 5.56 Å². The van der Waals surface area contributed by atoms with E-state index in [4.69, 9.17) is 33.0 Å². The minimum Gasteiger partial charge on any atom is -0.487 e. The van der Waals surface area contributed by atoms with Crippen LogP contribution in [0.5, 0.6) is 5.75 Å². The van der Waals surface area contributed by atoms with Crippen LogP contribution in [0.4, 0.5) is 0 Å². The first-order chi connectivity index (χ1) is 14.4. The highest BCUT2D eigenvalue weighted by Crippen LogP contribution is 2.22. The van der Waals surface area contributed by atoms with Crippen molar-refractivity contribution >= 4 is 29.2 Å². The van der Waals surface area contributed by atoms with Crippen LogP contribution in [0.25, 0.3) is 0 Å². The summed E-state index contributed by atoms with van der Waals surface area (Å²) in [5, 5.41) is 9.41. The number of carboxylic acid groups (broad SMARTS) is 1. The zero-order valence-corrected chi connectivity index (χ0v) is 17.9. The minimum atomic E-state index is -0.981. The van der Waals surface area contributed by atoms with Crippen LogP contribution in [-0.2, 0) is 26.0 Å². The molecule has 5 nitrogen and oxygen atoms in total. The fraction of sp³-hybridized carbons (Fsp3) is 0.217. The SMILES string of the molecule is CCc1cccc(OCc2c(Cl)cc(Cl)c(=O)n2CCc2ccc(C(=O)O)cc2)c1. The molecule has 30 heavy (non-hydrogen) atoms.